The van der Waals surface area contributed by atoms with E-state index >= 15 is 0 Å². The van der Waals surface area contributed by atoms with Crippen LogP contribution >= 0.6 is 0 Å². The number of carbonyl (C=O) groups is 6. The number of hydrogen-bond donors (Lipinski definition) is 0. The molecule has 0 aromatic rings. The average Bonchev–Trinajstić information content (AvgIpc) is 2.77. The van der Waals surface area contributed by atoms with Gasteiger partial charge in [-0.15, -0.1) is 0 Å². The molecule has 0 N–H and O–H groups in total. The van der Waals surface area contributed by atoms with Gasteiger partial charge in [-0.2, -0.15) is 0 Å². The Bertz CT molecular complexity index is 580. The molecule has 0 radical (unpaired) electrons. The second-order valence-corrected chi connectivity index (χ2v) is 8.08. The molecule has 0 aliphatic heterocycles. The minimum Gasteiger partial charge on any atom is -0.549 e. The summed E-state index contributed by atoms with van der Waals surface area (Å²) in [6.07, 6.45) is 3.02. The van der Waals surface area contributed by atoms with E-state index < -0.39 is 53.6 Å². The van der Waals surface area contributed by atoms with Crippen LogP contribution in [0.1, 0.15) is 80.1 Å². The monoisotopic (exact) mass is 570 g/mol. The van der Waals surface area contributed by atoms with Crippen LogP contribution < -0.4 is 30.6 Å². The van der Waals surface area contributed by atoms with E-state index in [9.17, 15) is 59.4 Å². The first-order valence-corrected chi connectivity index (χ1v) is 11.9. The van der Waals surface area contributed by atoms with Gasteiger partial charge in [0, 0.05) is 17.8 Å². The van der Waals surface area contributed by atoms with Crippen LogP contribution in [0.25, 0.3) is 0 Å². The Morgan fingerprint density at radius 3 is 0.500 bits per heavy atom. The van der Waals surface area contributed by atoms with Crippen LogP contribution in [0.5, 0.6) is 0 Å². The van der Waals surface area contributed by atoms with Gasteiger partial charge in [-0.1, -0.05) is 80.1 Å². The maximum Gasteiger partial charge on any atom is 3.00 e. The quantitative estimate of drug-likeness (QED) is 0.133. The molecule has 0 saturated carbocycles. The molecule has 38 heavy (non-hydrogen) atoms. The Morgan fingerprint density at radius 1 is 0.368 bits per heavy atom. The Hall–Kier alpha value is -2.12. The molecule has 0 amide bonds. The van der Waals surface area contributed by atoms with E-state index in [2.05, 4.69) is 0 Å². The van der Waals surface area contributed by atoms with Gasteiger partial charge in [-0.25, -0.2) is 0 Å². The topological polar surface area (TPSA) is 241 Å². The minimum atomic E-state index is -1.55. The van der Waals surface area contributed by atoms with Crippen molar-refractivity contribution in [2.45, 2.75) is 80.1 Å². The molecule has 0 spiro atoms. The van der Waals surface area contributed by atoms with Crippen molar-refractivity contribution in [1.29, 1.82) is 0 Å². The first kappa shape index (κ1) is 45.8. The zero-order chi connectivity index (χ0) is 29.2. The molecule has 0 fully saturated rings. The standard InChI is InChI=1S/3C8H14O4.2Al/c3*1-3-5(4-2)6(7(9)10)8(11)12;;/h3*5-6H,3-4H2,1-2H3,(H,9,10)(H,11,12);;/q;;;2*+3/p-6. The maximum atomic E-state index is 10.4. The van der Waals surface area contributed by atoms with Crippen molar-refractivity contribution in [2.24, 2.45) is 35.5 Å². The van der Waals surface area contributed by atoms with Gasteiger partial charge in [-0.3, -0.25) is 0 Å². The van der Waals surface area contributed by atoms with Crippen molar-refractivity contribution in [3.05, 3.63) is 0 Å². The SMILES string of the molecule is CCC(CC)C(C(=O)[O-])C(=O)[O-].CCC(CC)C(C(=O)[O-])C(=O)[O-].CCC(CC)C(C(=O)[O-])C(=O)[O-].[Al+3].[Al+3]. The number of rotatable bonds is 15. The van der Waals surface area contributed by atoms with Crippen LogP contribution in [0, 0.1) is 35.5 Å². The third kappa shape index (κ3) is 17.4. The molecule has 0 bridgehead atoms. The summed E-state index contributed by atoms with van der Waals surface area (Å²) in [6.45, 7) is 10.5. The van der Waals surface area contributed by atoms with Gasteiger partial charge in [0.05, 0.1) is 35.8 Å². The third-order valence-electron chi connectivity index (χ3n) is 6.08. The number of hydrogen-bond acceptors (Lipinski definition) is 12. The van der Waals surface area contributed by atoms with Crippen LogP contribution in [0.4, 0.5) is 0 Å². The summed E-state index contributed by atoms with van der Waals surface area (Å²) in [5, 5.41) is 62.2. The number of carboxylic acid groups (broad SMARTS) is 6. The Morgan fingerprint density at radius 2 is 0.474 bits per heavy atom. The van der Waals surface area contributed by atoms with E-state index in [1.165, 1.54) is 0 Å². The third-order valence-corrected chi connectivity index (χ3v) is 6.08. The van der Waals surface area contributed by atoms with Crippen LogP contribution in [0.2, 0.25) is 0 Å². The molecular formula is C24H36Al2O12. The second kappa shape index (κ2) is 25.2. The van der Waals surface area contributed by atoms with Gasteiger partial charge in [0.2, 0.25) is 0 Å². The molecule has 0 saturated heterocycles. The molecule has 0 aliphatic rings. The van der Waals surface area contributed by atoms with E-state index in [0.29, 0.717) is 38.5 Å². The Labute approximate surface area is 245 Å². The van der Waals surface area contributed by atoms with Gasteiger partial charge in [0.25, 0.3) is 0 Å². The van der Waals surface area contributed by atoms with Gasteiger partial charge in [-0.05, 0) is 17.8 Å². The van der Waals surface area contributed by atoms with Crippen molar-refractivity contribution >= 4 is 70.5 Å². The van der Waals surface area contributed by atoms with Crippen molar-refractivity contribution in [3.63, 3.8) is 0 Å². The molecule has 0 aliphatic carbocycles. The fourth-order valence-electron chi connectivity index (χ4n) is 3.72. The Balaban J connectivity index is -0.000000140. The molecule has 12 nitrogen and oxygen atoms in total. The summed E-state index contributed by atoms with van der Waals surface area (Å²) >= 11 is 0. The van der Waals surface area contributed by atoms with Crippen LogP contribution in [-0.2, 0) is 28.8 Å². The first-order valence-electron chi connectivity index (χ1n) is 11.9. The van der Waals surface area contributed by atoms with Crippen LogP contribution in [0.15, 0.2) is 0 Å². The van der Waals surface area contributed by atoms with E-state index in [0.717, 1.165) is 0 Å². The zero-order valence-corrected chi connectivity index (χ0v) is 25.1. The molecule has 0 atom stereocenters. The minimum absolute atomic E-state index is 0. The normalized spacial score (nSPS) is 10.1. The molecule has 0 aromatic carbocycles. The predicted octanol–water partition coefficient (Wildman–Crippen LogP) is -5.15. The van der Waals surface area contributed by atoms with Crippen LogP contribution in [-0.4, -0.2) is 70.5 Å². The summed E-state index contributed by atoms with van der Waals surface area (Å²) in [6, 6.07) is 0. The summed E-state index contributed by atoms with van der Waals surface area (Å²) < 4.78 is 0. The van der Waals surface area contributed by atoms with Gasteiger partial charge >= 0.3 is 34.7 Å². The van der Waals surface area contributed by atoms with Crippen LogP contribution in [0.3, 0.4) is 0 Å². The molecule has 14 heteroatoms. The van der Waals surface area contributed by atoms with E-state index in [-0.39, 0.29) is 52.5 Å². The number of aliphatic carboxylic acids is 6. The van der Waals surface area contributed by atoms with Gasteiger partial charge in [0.15, 0.2) is 0 Å². The summed E-state index contributed by atoms with van der Waals surface area (Å²) in [5.74, 6) is -14.9. The molecule has 0 rings (SSSR count). The predicted molar refractivity (Wildman–Crippen MR) is 124 cm³/mol. The molecule has 0 unspecified atom stereocenters. The van der Waals surface area contributed by atoms with E-state index in [1.54, 1.807) is 41.5 Å². The largest absolute Gasteiger partial charge is 3.00 e. The molecule has 210 valence electrons. The van der Waals surface area contributed by atoms with E-state index in [1.807, 2.05) is 0 Å². The molecule has 0 aromatic heterocycles. The zero-order valence-electron chi connectivity index (χ0n) is 22.8. The first-order chi connectivity index (χ1) is 16.6. The fourth-order valence-corrected chi connectivity index (χ4v) is 3.72. The summed E-state index contributed by atoms with van der Waals surface area (Å²) in [5.41, 5.74) is 0. The van der Waals surface area contributed by atoms with Crippen molar-refractivity contribution < 1.29 is 59.4 Å². The second-order valence-electron chi connectivity index (χ2n) is 8.08. The Kier molecular flexibility index (Phi) is 30.3. The van der Waals surface area contributed by atoms with Crippen molar-refractivity contribution in [3.8, 4) is 0 Å². The number of carboxylic acids is 6. The molecule has 0 heterocycles. The maximum absolute atomic E-state index is 10.4. The number of carbonyl (C=O) groups excluding carboxylic acids is 6. The molecular weight excluding hydrogens is 534 g/mol. The van der Waals surface area contributed by atoms with Crippen molar-refractivity contribution in [2.75, 3.05) is 0 Å². The summed E-state index contributed by atoms with van der Waals surface area (Å²) in [4.78, 5) is 62.2. The van der Waals surface area contributed by atoms with Gasteiger partial charge < -0.3 is 59.4 Å². The summed E-state index contributed by atoms with van der Waals surface area (Å²) in [7, 11) is 0. The average molecular weight is 571 g/mol. The van der Waals surface area contributed by atoms with E-state index in [4.69, 9.17) is 0 Å². The fraction of sp³-hybridized carbons (Fsp3) is 0.750. The smallest absolute Gasteiger partial charge is 0.549 e. The van der Waals surface area contributed by atoms with Crippen molar-refractivity contribution in [1.82, 2.24) is 0 Å². The van der Waals surface area contributed by atoms with Gasteiger partial charge in [0.1, 0.15) is 0 Å².